The van der Waals surface area contributed by atoms with Gasteiger partial charge in [0.1, 0.15) is 6.54 Å². The van der Waals surface area contributed by atoms with E-state index in [0.29, 0.717) is 46.9 Å². The van der Waals surface area contributed by atoms with Gasteiger partial charge in [0.25, 0.3) is 5.91 Å². The molecule has 3 aromatic rings. The highest BCUT2D eigenvalue weighted by molar-refractivity contribution is 7.14. The predicted octanol–water partition coefficient (Wildman–Crippen LogP) is 2.93. The number of benzene rings is 1. The van der Waals surface area contributed by atoms with Crippen molar-refractivity contribution in [2.45, 2.75) is 12.7 Å². The average molecular weight is 475 g/mol. The van der Waals surface area contributed by atoms with Gasteiger partial charge in [-0.15, -0.1) is 11.3 Å². The molecule has 170 valence electrons. The molecule has 13 heteroatoms. The third-order valence-corrected chi connectivity index (χ3v) is 6.03. The molecule has 0 radical (unpaired) electrons. The largest absolute Gasteiger partial charge is 0.416 e. The average Bonchev–Trinajstić information content (AvgIpc) is 3.51. The summed E-state index contributed by atoms with van der Waals surface area (Å²) in [5, 5.41) is 4.60. The Bertz CT molecular complexity index is 1280. The Morgan fingerprint density at radius 1 is 1.24 bits per heavy atom. The van der Waals surface area contributed by atoms with Crippen LogP contribution in [0.25, 0.3) is 11.3 Å². The molecule has 4 heterocycles. The smallest absolute Gasteiger partial charge is 0.315 e. The van der Waals surface area contributed by atoms with Crippen LogP contribution in [0, 0.1) is 0 Å². The number of rotatable bonds is 4. The van der Waals surface area contributed by atoms with Crippen LogP contribution in [0.4, 0.5) is 24.1 Å². The van der Waals surface area contributed by atoms with Crippen molar-refractivity contribution >= 4 is 40.1 Å². The van der Waals surface area contributed by atoms with Gasteiger partial charge in [-0.25, -0.2) is 9.97 Å². The molecule has 1 N–H and O–H groups in total. The molecule has 0 saturated carbocycles. The normalized spacial score (nSPS) is 15.4. The van der Waals surface area contributed by atoms with Gasteiger partial charge in [0.2, 0.25) is 11.9 Å². The number of nitrogens with zero attached hydrogens (tertiary/aromatic N) is 6. The van der Waals surface area contributed by atoms with Crippen LogP contribution < -0.4 is 10.2 Å². The summed E-state index contributed by atoms with van der Waals surface area (Å²) in [6.07, 6.45) is -2.97. The Labute approximate surface area is 189 Å². The number of aromatic nitrogens is 3. The van der Waals surface area contributed by atoms with E-state index in [9.17, 15) is 22.8 Å². The topological polar surface area (TPSA) is 95.7 Å². The lowest BCUT2D eigenvalue weighted by Crippen LogP contribution is -2.48. The molecule has 0 spiro atoms. The van der Waals surface area contributed by atoms with E-state index >= 15 is 0 Å². The summed E-state index contributed by atoms with van der Waals surface area (Å²) in [7, 11) is 1.62. The number of carbonyl (C=O) groups is 2. The second kappa shape index (κ2) is 7.69. The third-order valence-electron chi connectivity index (χ3n) is 5.27. The maximum atomic E-state index is 12.8. The lowest BCUT2D eigenvalue weighted by atomic mass is 10.1. The van der Waals surface area contributed by atoms with Gasteiger partial charge < -0.3 is 9.88 Å². The van der Waals surface area contributed by atoms with E-state index in [2.05, 4.69) is 20.3 Å². The van der Waals surface area contributed by atoms with Crippen molar-refractivity contribution < 1.29 is 22.8 Å². The lowest BCUT2D eigenvalue weighted by Gasteiger charge is -2.30. The number of thiazole rings is 1. The van der Waals surface area contributed by atoms with Crippen molar-refractivity contribution in [1.82, 2.24) is 19.4 Å². The monoisotopic (exact) mass is 475 g/mol. The summed E-state index contributed by atoms with van der Waals surface area (Å²) in [4.78, 5) is 41.5. The Balaban J connectivity index is 1.29. The highest BCUT2D eigenvalue weighted by Crippen LogP contribution is 2.32. The number of nitrogens with one attached hydrogen (secondary N) is 1. The molecule has 1 aromatic carbocycles. The molecule has 9 nitrogen and oxygen atoms in total. The number of guanidine groups is 1. The van der Waals surface area contributed by atoms with E-state index in [1.807, 2.05) is 4.90 Å². The van der Waals surface area contributed by atoms with Crippen LogP contribution in [0.3, 0.4) is 0 Å². The molecule has 0 fully saturated rings. The van der Waals surface area contributed by atoms with Crippen LogP contribution in [0.1, 0.15) is 16.1 Å². The summed E-state index contributed by atoms with van der Waals surface area (Å²) in [5.74, 6) is 0.299. The van der Waals surface area contributed by atoms with Crippen molar-refractivity contribution in [3.05, 3.63) is 47.2 Å². The van der Waals surface area contributed by atoms with Crippen molar-refractivity contribution in [2.75, 3.05) is 30.4 Å². The zero-order valence-electron chi connectivity index (χ0n) is 17.1. The number of amides is 2. The standard InChI is InChI=1S/C20H16F3N7O2S/c1-28-17(32)15-16(30-7-6-24-19(28)30)25-10-29(15)8-14(31)27-18-26-13(9-33-18)11-2-4-12(5-3-11)20(21,22)23/h2-5,9-10H,6-8H2,1H3,(H,26,27,31). The van der Waals surface area contributed by atoms with Crippen molar-refractivity contribution in [1.29, 1.82) is 0 Å². The quantitative estimate of drug-likeness (QED) is 0.626. The lowest BCUT2D eigenvalue weighted by molar-refractivity contribution is -0.137. The highest BCUT2D eigenvalue weighted by atomic mass is 32.1. The molecule has 0 unspecified atom stereocenters. The highest BCUT2D eigenvalue weighted by Gasteiger charge is 2.39. The fraction of sp³-hybridized carbons (Fsp3) is 0.250. The van der Waals surface area contributed by atoms with E-state index in [4.69, 9.17) is 0 Å². The molecule has 0 aliphatic carbocycles. The first-order chi connectivity index (χ1) is 15.7. The van der Waals surface area contributed by atoms with Crippen molar-refractivity contribution in [3.63, 3.8) is 0 Å². The van der Waals surface area contributed by atoms with Crippen LogP contribution in [0.15, 0.2) is 41.0 Å². The van der Waals surface area contributed by atoms with E-state index in [1.165, 1.54) is 27.9 Å². The van der Waals surface area contributed by atoms with Gasteiger partial charge in [-0.1, -0.05) is 12.1 Å². The number of alkyl halides is 3. The van der Waals surface area contributed by atoms with Crippen LogP contribution >= 0.6 is 11.3 Å². The number of imidazole rings is 1. The van der Waals surface area contributed by atoms with Crippen LogP contribution in [0.5, 0.6) is 0 Å². The van der Waals surface area contributed by atoms with E-state index in [-0.39, 0.29) is 12.5 Å². The fourth-order valence-corrected chi connectivity index (χ4v) is 4.42. The van der Waals surface area contributed by atoms with Crippen LogP contribution in [-0.4, -0.2) is 57.3 Å². The number of hydrogen-bond donors (Lipinski definition) is 1. The Morgan fingerprint density at radius 3 is 2.73 bits per heavy atom. The van der Waals surface area contributed by atoms with Gasteiger partial charge in [0.15, 0.2) is 16.6 Å². The number of anilines is 2. The van der Waals surface area contributed by atoms with E-state index in [0.717, 1.165) is 23.5 Å². The summed E-state index contributed by atoms with van der Waals surface area (Å²) >= 11 is 1.15. The van der Waals surface area contributed by atoms with Crippen molar-refractivity contribution in [2.24, 2.45) is 4.99 Å². The minimum absolute atomic E-state index is 0.155. The molecule has 2 aromatic heterocycles. The van der Waals surface area contributed by atoms with Gasteiger partial charge >= 0.3 is 6.18 Å². The fourth-order valence-electron chi connectivity index (χ4n) is 3.69. The first-order valence-corrected chi connectivity index (χ1v) is 10.7. The first-order valence-electron chi connectivity index (χ1n) is 9.80. The Morgan fingerprint density at radius 2 is 2.00 bits per heavy atom. The molecule has 2 aliphatic rings. The number of halogens is 3. The second-order valence-electron chi connectivity index (χ2n) is 7.40. The van der Waals surface area contributed by atoms with Gasteiger partial charge in [-0.3, -0.25) is 24.4 Å². The second-order valence-corrected chi connectivity index (χ2v) is 8.26. The Hall–Kier alpha value is -3.74. The molecule has 2 amide bonds. The van der Waals surface area contributed by atoms with Gasteiger partial charge in [-0.2, -0.15) is 13.2 Å². The molecule has 33 heavy (non-hydrogen) atoms. The molecular formula is C20H16F3N7O2S. The third kappa shape index (κ3) is 3.73. The first kappa shape index (κ1) is 21.1. The summed E-state index contributed by atoms with van der Waals surface area (Å²) in [6.45, 7) is 1.01. The van der Waals surface area contributed by atoms with Crippen molar-refractivity contribution in [3.8, 4) is 11.3 Å². The van der Waals surface area contributed by atoms with Gasteiger partial charge in [0.05, 0.1) is 24.1 Å². The number of hydrogen-bond acceptors (Lipinski definition) is 7. The molecular weight excluding hydrogens is 459 g/mol. The molecule has 2 aliphatic heterocycles. The predicted molar refractivity (Wildman–Crippen MR) is 115 cm³/mol. The molecule has 5 rings (SSSR count). The number of aliphatic imine (C=N–C) groups is 1. The van der Waals surface area contributed by atoms with E-state index in [1.54, 1.807) is 12.4 Å². The zero-order chi connectivity index (χ0) is 23.3. The zero-order valence-corrected chi connectivity index (χ0v) is 17.9. The van der Waals surface area contributed by atoms with Gasteiger partial charge in [-0.05, 0) is 12.1 Å². The minimum Gasteiger partial charge on any atom is -0.315 e. The summed E-state index contributed by atoms with van der Waals surface area (Å²) in [5.41, 5.74) is 0.506. The molecule has 0 saturated heterocycles. The van der Waals surface area contributed by atoms with Crippen LogP contribution in [0.2, 0.25) is 0 Å². The SMILES string of the molecule is CN1C(=O)c2c(ncn2CC(=O)Nc2nc(-c3ccc(C(F)(F)F)cc3)cs2)N2CCN=C12. The van der Waals surface area contributed by atoms with E-state index < -0.39 is 17.6 Å². The molecule has 0 bridgehead atoms. The maximum absolute atomic E-state index is 12.8. The maximum Gasteiger partial charge on any atom is 0.416 e. The minimum atomic E-state index is -4.41. The van der Waals surface area contributed by atoms with Gasteiger partial charge in [0, 0.05) is 24.5 Å². The molecule has 0 atom stereocenters. The Kier molecular flexibility index (Phi) is 4.92. The summed E-state index contributed by atoms with van der Waals surface area (Å²) in [6, 6.07) is 4.64. The number of carbonyl (C=O) groups excluding carboxylic acids is 2. The summed E-state index contributed by atoms with van der Waals surface area (Å²) < 4.78 is 39.7. The van der Waals surface area contributed by atoms with Crippen LogP contribution in [-0.2, 0) is 17.5 Å². The number of fused-ring (bicyclic) bond motifs is 3.